The van der Waals surface area contributed by atoms with Crippen LogP contribution in [-0.4, -0.2) is 41.5 Å². The predicted octanol–water partition coefficient (Wildman–Crippen LogP) is 5.35. The number of hydrogen-bond acceptors (Lipinski definition) is 4. The second-order valence-electron chi connectivity index (χ2n) is 10.7. The number of rotatable bonds is 2. The molecule has 1 amide bonds. The molecule has 5 nitrogen and oxygen atoms in total. The first-order chi connectivity index (χ1) is 13.7. The van der Waals surface area contributed by atoms with E-state index in [0.717, 1.165) is 23.9 Å². The van der Waals surface area contributed by atoms with Gasteiger partial charge in [-0.15, -0.1) is 0 Å². The van der Waals surface area contributed by atoms with Gasteiger partial charge in [-0.05, 0) is 78.9 Å². The van der Waals surface area contributed by atoms with E-state index in [2.05, 4.69) is 6.92 Å². The van der Waals surface area contributed by atoms with Gasteiger partial charge in [0, 0.05) is 17.0 Å². The number of benzene rings is 1. The molecule has 2 saturated heterocycles. The average Bonchev–Trinajstić information content (AvgIpc) is 2.80. The molecule has 1 aromatic carbocycles. The third-order valence-corrected chi connectivity index (χ3v) is 6.69. The van der Waals surface area contributed by atoms with Gasteiger partial charge in [-0.2, -0.15) is 0 Å². The van der Waals surface area contributed by atoms with Gasteiger partial charge < -0.3 is 18.9 Å². The molecule has 166 valence electrons. The van der Waals surface area contributed by atoms with Gasteiger partial charge >= 0.3 is 13.2 Å². The molecular weight excluding hydrogens is 401 g/mol. The largest absolute Gasteiger partial charge is 0.496 e. The lowest BCUT2D eigenvalue weighted by Gasteiger charge is -2.39. The molecule has 30 heavy (non-hydrogen) atoms. The van der Waals surface area contributed by atoms with E-state index in [1.165, 1.54) is 0 Å². The molecule has 0 bridgehead atoms. The minimum atomic E-state index is -0.527. The maximum Gasteiger partial charge on any atom is 0.496 e. The van der Waals surface area contributed by atoms with Crippen LogP contribution in [0.5, 0.6) is 0 Å². The molecule has 0 spiro atoms. The van der Waals surface area contributed by atoms with Crippen LogP contribution in [0.3, 0.4) is 0 Å². The third kappa shape index (κ3) is 4.81. The highest BCUT2D eigenvalue weighted by Gasteiger charge is 2.52. The maximum absolute atomic E-state index is 12.9. The quantitative estimate of drug-likeness (QED) is 0.588. The molecule has 1 aromatic rings. The number of likely N-dealkylation sites (tertiary alicyclic amines) is 1. The van der Waals surface area contributed by atoms with Gasteiger partial charge in [0.25, 0.3) is 0 Å². The van der Waals surface area contributed by atoms with Gasteiger partial charge in [-0.25, -0.2) is 4.79 Å². The molecule has 0 saturated carbocycles. The molecular formula is C23H35BClNO4. The highest BCUT2D eigenvalue weighted by Crippen LogP contribution is 2.38. The van der Waals surface area contributed by atoms with Crippen molar-refractivity contribution in [1.82, 2.24) is 4.90 Å². The Morgan fingerprint density at radius 1 is 1.17 bits per heavy atom. The summed E-state index contributed by atoms with van der Waals surface area (Å²) in [6.45, 7) is 16.6. The van der Waals surface area contributed by atoms with Crippen molar-refractivity contribution in [3.05, 3.63) is 28.8 Å². The Balaban J connectivity index is 1.84. The SMILES string of the molecule is C[C@H]1CCC(c2ccc(B3OC(C)(C)C(C)(C)O3)c(Cl)c2)N(C(=O)OC(C)(C)C)C1. The smallest absolute Gasteiger partial charge is 0.444 e. The fraction of sp³-hybridized carbons (Fsp3) is 0.696. The van der Waals surface area contributed by atoms with Gasteiger partial charge in [0.1, 0.15) is 5.60 Å². The lowest BCUT2D eigenvalue weighted by Crippen LogP contribution is -2.44. The monoisotopic (exact) mass is 435 g/mol. The second-order valence-corrected chi connectivity index (χ2v) is 11.1. The van der Waals surface area contributed by atoms with Crippen molar-refractivity contribution in [1.29, 1.82) is 0 Å². The van der Waals surface area contributed by atoms with Crippen LogP contribution >= 0.6 is 11.6 Å². The van der Waals surface area contributed by atoms with Gasteiger partial charge in [0.2, 0.25) is 0 Å². The maximum atomic E-state index is 12.9. The number of hydrogen-bond donors (Lipinski definition) is 0. The molecule has 2 aliphatic heterocycles. The highest BCUT2D eigenvalue weighted by molar-refractivity contribution is 6.65. The Labute approximate surface area is 186 Å². The van der Waals surface area contributed by atoms with E-state index in [1.807, 2.05) is 71.6 Å². The highest BCUT2D eigenvalue weighted by atomic mass is 35.5. The van der Waals surface area contributed by atoms with Crippen LogP contribution in [-0.2, 0) is 14.0 Å². The van der Waals surface area contributed by atoms with E-state index in [1.54, 1.807) is 0 Å². The minimum absolute atomic E-state index is 0.0547. The number of carbonyl (C=O) groups excluding carboxylic acids is 1. The molecule has 0 radical (unpaired) electrons. The molecule has 2 aliphatic rings. The first-order valence-electron chi connectivity index (χ1n) is 10.8. The van der Waals surface area contributed by atoms with Crippen molar-refractivity contribution in [2.45, 2.75) is 91.1 Å². The summed E-state index contributed by atoms with van der Waals surface area (Å²) >= 11 is 6.68. The molecule has 7 heteroatoms. The Hall–Kier alpha value is -1.24. The Kier molecular flexibility index (Phi) is 6.27. The van der Waals surface area contributed by atoms with E-state index in [0.29, 0.717) is 17.5 Å². The average molecular weight is 436 g/mol. The molecule has 2 heterocycles. The number of carbonyl (C=O) groups is 1. The second kappa shape index (κ2) is 8.03. The molecule has 0 aromatic heterocycles. The van der Waals surface area contributed by atoms with Crippen LogP contribution in [0.4, 0.5) is 4.79 Å². The van der Waals surface area contributed by atoms with Crippen LogP contribution in [0, 0.1) is 5.92 Å². The van der Waals surface area contributed by atoms with Gasteiger partial charge in [0.15, 0.2) is 0 Å². The lowest BCUT2D eigenvalue weighted by molar-refractivity contribution is 0.00363. The van der Waals surface area contributed by atoms with Crippen LogP contribution in [0.15, 0.2) is 18.2 Å². The van der Waals surface area contributed by atoms with Crippen molar-refractivity contribution >= 4 is 30.3 Å². The molecule has 3 rings (SSSR count). The fourth-order valence-electron chi connectivity index (χ4n) is 3.93. The predicted molar refractivity (Wildman–Crippen MR) is 121 cm³/mol. The number of nitrogens with zero attached hydrogens (tertiary/aromatic N) is 1. The molecule has 2 atom stereocenters. The van der Waals surface area contributed by atoms with E-state index in [9.17, 15) is 4.79 Å². The summed E-state index contributed by atoms with van der Waals surface area (Å²) in [5.41, 5.74) is 0.449. The fourth-order valence-corrected chi connectivity index (χ4v) is 4.21. The minimum Gasteiger partial charge on any atom is -0.444 e. The van der Waals surface area contributed by atoms with Gasteiger partial charge in [-0.3, -0.25) is 0 Å². The standard InChI is InChI=1S/C23H35BClNO4/c1-15-9-12-19(26(14-15)20(27)28-21(2,3)4)16-10-11-17(18(25)13-16)24-29-22(5,6)23(7,8)30-24/h10-11,13,15,19H,9,12,14H2,1-8H3/t15-,19?/m0/s1. The Morgan fingerprint density at radius 2 is 1.77 bits per heavy atom. The Morgan fingerprint density at radius 3 is 2.30 bits per heavy atom. The Bertz CT molecular complexity index is 789. The zero-order valence-electron chi connectivity index (χ0n) is 19.5. The van der Waals surface area contributed by atoms with Crippen molar-refractivity contribution in [2.75, 3.05) is 6.54 Å². The van der Waals surface area contributed by atoms with Gasteiger partial charge in [0.05, 0.1) is 17.2 Å². The van der Waals surface area contributed by atoms with Crippen LogP contribution in [0.2, 0.25) is 5.02 Å². The lowest BCUT2D eigenvalue weighted by atomic mass is 9.78. The summed E-state index contributed by atoms with van der Waals surface area (Å²) in [5, 5.41) is 0.591. The summed E-state index contributed by atoms with van der Waals surface area (Å²) in [5.74, 6) is 0.438. The molecule has 0 aliphatic carbocycles. The van der Waals surface area contributed by atoms with Gasteiger partial charge in [-0.1, -0.05) is 30.7 Å². The van der Waals surface area contributed by atoms with Crippen molar-refractivity contribution < 1.29 is 18.8 Å². The number of amides is 1. The van der Waals surface area contributed by atoms with E-state index in [-0.39, 0.29) is 12.1 Å². The van der Waals surface area contributed by atoms with Crippen LogP contribution in [0.1, 0.15) is 79.8 Å². The molecule has 2 fully saturated rings. The molecule has 1 unspecified atom stereocenters. The van der Waals surface area contributed by atoms with Crippen LogP contribution in [0.25, 0.3) is 0 Å². The van der Waals surface area contributed by atoms with Crippen molar-refractivity contribution in [2.24, 2.45) is 5.92 Å². The van der Waals surface area contributed by atoms with Crippen molar-refractivity contribution in [3.63, 3.8) is 0 Å². The zero-order chi connectivity index (χ0) is 22.5. The first-order valence-corrected chi connectivity index (χ1v) is 11.2. The summed E-state index contributed by atoms with van der Waals surface area (Å²) in [6.07, 6.45) is 1.66. The van der Waals surface area contributed by atoms with E-state index >= 15 is 0 Å². The number of piperidine rings is 1. The third-order valence-electron chi connectivity index (χ3n) is 6.36. The topological polar surface area (TPSA) is 48.0 Å². The first kappa shape index (κ1) is 23.4. The normalized spacial score (nSPS) is 26.0. The number of ether oxygens (including phenoxy) is 1. The van der Waals surface area contributed by atoms with Crippen molar-refractivity contribution in [3.8, 4) is 0 Å². The summed E-state index contributed by atoms with van der Waals surface area (Å²) in [7, 11) is -0.509. The van der Waals surface area contributed by atoms with E-state index < -0.39 is 23.9 Å². The number of halogens is 1. The summed E-state index contributed by atoms with van der Waals surface area (Å²) < 4.78 is 18.0. The molecule has 0 N–H and O–H groups in total. The summed E-state index contributed by atoms with van der Waals surface area (Å²) in [6, 6.07) is 5.89. The van der Waals surface area contributed by atoms with E-state index in [4.69, 9.17) is 25.6 Å². The summed E-state index contributed by atoms with van der Waals surface area (Å²) in [4.78, 5) is 14.7. The zero-order valence-corrected chi connectivity index (χ0v) is 20.3. The van der Waals surface area contributed by atoms with Crippen LogP contribution < -0.4 is 5.46 Å².